The molecule has 0 saturated carbocycles. The molecule has 5 nitrogen and oxygen atoms in total. The number of benzene rings is 6. The molecule has 56 heavy (non-hydrogen) atoms. The van der Waals surface area contributed by atoms with Crippen molar-refractivity contribution >= 4 is 38.9 Å². The summed E-state index contributed by atoms with van der Waals surface area (Å²) in [4.78, 5) is 4.86. The molecule has 2 heterocycles. The Morgan fingerprint density at radius 1 is 0.536 bits per heavy atom. The standard InChI is InChI=1S/C51H46N4O/c1-50(2,3)31-24-25-52-47(26-31)55-45-21-12-11-16-35(45)36-23-22-34(28-46(36)55)56-33-15-13-14-32(27-33)53-43-29-41-42(30-44(43)54-51(4,5)6)49-39-19-9-7-17-37(39)48(41)38-18-8-10-20-40(38)49/h7-30,48-49,53-54H,1-6H3. The van der Waals surface area contributed by atoms with Gasteiger partial charge in [-0.15, -0.1) is 0 Å². The van der Waals surface area contributed by atoms with E-state index in [0.717, 1.165) is 50.8 Å². The number of ether oxygens (including phenoxy) is 1. The zero-order chi connectivity index (χ0) is 38.3. The molecule has 0 atom stereocenters. The van der Waals surface area contributed by atoms with Gasteiger partial charge in [-0.3, -0.25) is 4.57 Å². The van der Waals surface area contributed by atoms with Gasteiger partial charge < -0.3 is 15.4 Å². The molecule has 3 aliphatic carbocycles. The number of para-hydroxylation sites is 1. The number of fused-ring (bicyclic) bond motifs is 3. The van der Waals surface area contributed by atoms with Crippen molar-refractivity contribution in [2.45, 2.75) is 64.3 Å². The molecule has 11 rings (SSSR count). The predicted molar refractivity (Wildman–Crippen MR) is 232 cm³/mol. The van der Waals surface area contributed by atoms with Gasteiger partial charge in [0.05, 0.1) is 22.4 Å². The summed E-state index contributed by atoms with van der Waals surface area (Å²) >= 11 is 0. The monoisotopic (exact) mass is 730 g/mol. The van der Waals surface area contributed by atoms with E-state index < -0.39 is 0 Å². The Morgan fingerprint density at radius 2 is 1.14 bits per heavy atom. The number of hydrogen-bond donors (Lipinski definition) is 2. The molecule has 6 aromatic carbocycles. The van der Waals surface area contributed by atoms with Crippen LogP contribution in [-0.2, 0) is 5.41 Å². The van der Waals surface area contributed by atoms with Crippen LogP contribution in [0.3, 0.4) is 0 Å². The third kappa shape index (κ3) is 5.73. The van der Waals surface area contributed by atoms with Gasteiger partial charge in [-0.2, -0.15) is 0 Å². The number of nitrogens with one attached hydrogen (secondary N) is 2. The van der Waals surface area contributed by atoms with Crippen LogP contribution in [0.5, 0.6) is 11.5 Å². The molecular formula is C51H46N4O. The summed E-state index contributed by atoms with van der Waals surface area (Å²) in [6.45, 7) is 13.4. The fourth-order valence-corrected chi connectivity index (χ4v) is 9.02. The average Bonchev–Trinajstić information content (AvgIpc) is 3.51. The Hall–Kier alpha value is -6.33. The molecule has 276 valence electrons. The quantitative estimate of drug-likeness (QED) is 0.179. The van der Waals surface area contributed by atoms with Crippen molar-refractivity contribution < 1.29 is 4.74 Å². The van der Waals surface area contributed by atoms with Crippen molar-refractivity contribution in [2.24, 2.45) is 0 Å². The van der Waals surface area contributed by atoms with Crippen LogP contribution >= 0.6 is 0 Å². The lowest BCUT2D eigenvalue weighted by atomic mass is 9.61. The summed E-state index contributed by atoms with van der Waals surface area (Å²) in [6, 6.07) is 50.3. The van der Waals surface area contributed by atoms with E-state index in [0.29, 0.717) is 0 Å². The summed E-state index contributed by atoms with van der Waals surface area (Å²) in [7, 11) is 0. The van der Waals surface area contributed by atoms with E-state index in [-0.39, 0.29) is 22.8 Å². The first-order chi connectivity index (χ1) is 27.0. The molecule has 2 bridgehead atoms. The largest absolute Gasteiger partial charge is 0.457 e. The number of pyridine rings is 1. The van der Waals surface area contributed by atoms with E-state index in [2.05, 4.69) is 190 Å². The summed E-state index contributed by atoms with van der Waals surface area (Å²) < 4.78 is 8.92. The summed E-state index contributed by atoms with van der Waals surface area (Å²) in [6.07, 6.45) is 1.92. The van der Waals surface area contributed by atoms with E-state index in [1.165, 1.54) is 44.3 Å². The first-order valence-electron chi connectivity index (χ1n) is 19.7. The molecule has 0 spiro atoms. The van der Waals surface area contributed by atoms with E-state index in [1.807, 2.05) is 12.3 Å². The maximum Gasteiger partial charge on any atom is 0.137 e. The molecule has 2 aromatic heterocycles. The van der Waals surface area contributed by atoms with Gasteiger partial charge in [0.1, 0.15) is 17.3 Å². The minimum Gasteiger partial charge on any atom is -0.457 e. The molecule has 2 N–H and O–H groups in total. The number of rotatable bonds is 6. The molecule has 0 amide bonds. The molecule has 0 unspecified atom stereocenters. The average molecular weight is 731 g/mol. The maximum atomic E-state index is 6.66. The first-order valence-corrected chi connectivity index (χ1v) is 19.7. The Balaban J connectivity index is 1.02. The fourth-order valence-electron chi connectivity index (χ4n) is 9.02. The van der Waals surface area contributed by atoms with Crippen LogP contribution in [-0.4, -0.2) is 15.1 Å². The Kier molecular flexibility index (Phi) is 7.69. The van der Waals surface area contributed by atoms with Gasteiger partial charge in [-0.1, -0.05) is 93.6 Å². The van der Waals surface area contributed by atoms with Crippen LogP contribution in [0.1, 0.15) is 92.3 Å². The Morgan fingerprint density at radius 3 is 1.80 bits per heavy atom. The van der Waals surface area contributed by atoms with Crippen molar-refractivity contribution in [2.75, 3.05) is 10.6 Å². The normalized spacial score (nSPS) is 15.7. The SMILES string of the molecule is CC(C)(C)Nc1cc2c(cc1Nc1cccc(Oc3ccc4c5ccccc5n(-c5cc(C(C)(C)C)ccn5)c4c3)c1)C1c3ccccc3C2c2ccccc21. The highest BCUT2D eigenvalue weighted by atomic mass is 16.5. The number of aromatic nitrogens is 2. The molecule has 0 saturated heterocycles. The molecule has 0 fully saturated rings. The van der Waals surface area contributed by atoms with Gasteiger partial charge in [-0.25, -0.2) is 4.98 Å². The van der Waals surface area contributed by atoms with Crippen LogP contribution in [0.4, 0.5) is 17.1 Å². The van der Waals surface area contributed by atoms with Crippen molar-refractivity contribution in [1.82, 2.24) is 9.55 Å². The third-order valence-corrected chi connectivity index (χ3v) is 11.4. The van der Waals surface area contributed by atoms with E-state index in [4.69, 9.17) is 9.72 Å². The highest BCUT2D eigenvalue weighted by Crippen LogP contribution is 2.57. The minimum atomic E-state index is -0.135. The Bertz CT molecular complexity index is 2790. The van der Waals surface area contributed by atoms with Crippen LogP contribution in [0.15, 0.2) is 146 Å². The molecule has 0 aliphatic heterocycles. The van der Waals surface area contributed by atoms with Crippen LogP contribution < -0.4 is 15.4 Å². The van der Waals surface area contributed by atoms with E-state index >= 15 is 0 Å². The van der Waals surface area contributed by atoms with E-state index in [9.17, 15) is 0 Å². The smallest absolute Gasteiger partial charge is 0.137 e. The third-order valence-electron chi connectivity index (χ3n) is 11.4. The van der Waals surface area contributed by atoms with Crippen LogP contribution in [0.2, 0.25) is 0 Å². The van der Waals surface area contributed by atoms with Gasteiger partial charge in [0.2, 0.25) is 0 Å². The van der Waals surface area contributed by atoms with E-state index in [1.54, 1.807) is 0 Å². The highest BCUT2D eigenvalue weighted by Gasteiger charge is 2.41. The zero-order valence-electron chi connectivity index (χ0n) is 32.8. The topological polar surface area (TPSA) is 51.1 Å². The lowest BCUT2D eigenvalue weighted by Gasteiger charge is -2.43. The number of nitrogens with zero attached hydrogens (tertiary/aromatic N) is 2. The van der Waals surface area contributed by atoms with Crippen molar-refractivity contribution in [1.29, 1.82) is 0 Å². The lowest BCUT2D eigenvalue weighted by Crippen LogP contribution is -2.29. The van der Waals surface area contributed by atoms with Gasteiger partial charge in [0, 0.05) is 52.2 Å². The molecule has 8 aromatic rings. The van der Waals surface area contributed by atoms with Gasteiger partial charge in [-0.05, 0) is 120 Å². The summed E-state index contributed by atoms with van der Waals surface area (Å²) in [5, 5.41) is 10.0. The van der Waals surface area contributed by atoms with Crippen molar-refractivity contribution in [3.8, 4) is 17.3 Å². The summed E-state index contributed by atoms with van der Waals surface area (Å²) in [5.74, 6) is 2.83. The molecule has 3 aliphatic rings. The Labute approximate surface area is 329 Å². The minimum absolute atomic E-state index is 0.00290. The van der Waals surface area contributed by atoms with Crippen molar-refractivity contribution in [3.63, 3.8) is 0 Å². The second kappa shape index (κ2) is 12.6. The maximum absolute atomic E-state index is 6.66. The van der Waals surface area contributed by atoms with Gasteiger partial charge in [0.15, 0.2) is 0 Å². The van der Waals surface area contributed by atoms with Crippen LogP contribution in [0.25, 0.3) is 27.6 Å². The molecule has 5 heteroatoms. The molecular weight excluding hydrogens is 685 g/mol. The zero-order valence-corrected chi connectivity index (χ0v) is 32.8. The number of hydrogen-bond acceptors (Lipinski definition) is 4. The predicted octanol–water partition coefficient (Wildman–Crippen LogP) is 13.2. The van der Waals surface area contributed by atoms with Gasteiger partial charge >= 0.3 is 0 Å². The summed E-state index contributed by atoms with van der Waals surface area (Å²) in [5.41, 5.74) is 14.8. The van der Waals surface area contributed by atoms with Gasteiger partial charge in [0.25, 0.3) is 0 Å². The second-order valence-electron chi connectivity index (χ2n) is 17.5. The lowest BCUT2D eigenvalue weighted by molar-refractivity contribution is 0.483. The van der Waals surface area contributed by atoms with Crippen molar-refractivity contribution in [3.05, 3.63) is 185 Å². The second-order valence-corrected chi connectivity index (χ2v) is 17.5. The molecule has 0 radical (unpaired) electrons. The highest BCUT2D eigenvalue weighted by molar-refractivity contribution is 6.09. The first kappa shape index (κ1) is 34.2. The fraction of sp³-hybridized carbons (Fsp3) is 0.196. The number of anilines is 3. The van der Waals surface area contributed by atoms with Crippen LogP contribution in [0, 0.1) is 0 Å².